The summed E-state index contributed by atoms with van der Waals surface area (Å²) in [4.78, 5) is 0. The minimum absolute atomic E-state index is 0.246. The van der Waals surface area contributed by atoms with Crippen molar-refractivity contribution in [2.45, 2.75) is 72.2 Å². The summed E-state index contributed by atoms with van der Waals surface area (Å²) < 4.78 is 11.4. The average Bonchev–Trinajstić information content (AvgIpc) is 2.28. The Morgan fingerprint density at radius 2 is 2.11 bits per heavy atom. The van der Waals surface area contributed by atoms with Crippen molar-refractivity contribution in [2.24, 2.45) is 0 Å². The molecule has 2 atom stereocenters. The molecular weight excluding hydrogens is 224 g/mol. The van der Waals surface area contributed by atoms with Crippen molar-refractivity contribution >= 4 is 0 Å². The van der Waals surface area contributed by atoms with Crippen molar-refractivity contribution in [3.63, 3.8) is 0 Å². The molecule has 2 nitrogen and oxygen atoms in total. The lowest BCUT2D eigenvalue weighted by molar-refractivity contribution is -0.179. The molecule has 18 heavy (non-hydrogen) atoms. The highest BCUT2D eigenvalue weighted by atomic mass is 16.7. The fourth-order valence-corrected chi connectivity index (χ4v) is 1.60. The highest BCUT2D eigenvalue weighted by molar-refractivity contribution is 5.07. The second kappa shape index (κ2) is 9.19. The first-order valence-corrected chi connectivity index (χ1v) is 6.84. The third-order valence-corrected chi connectivity index (χ3v) is 2.76. The standard InChI is InChI=1S/C16H28O2/c1-7-9-13-17-15(5)18-16(6,8-2)12-10-11-14(3)4/h2,11,15H,7,9-10,12-13H2,1,3-6H3/t15-,16+/m1/s1. The number of hydrogen-bond acceptors (Lipinski definition) is 2. The minimum atomic E-state index is -0.544. The number of terminal acetylenes is 1. The van der Waals surface area contributed by atoms with Gasteiger partial charge in [0, 0.05) is 6.61 Å². The highest BCUT2D eigenvalue weighted by Crippen LogP contribution is 2.20. The Hall–Kier alpha value is -0.780. The van der Waals surface area contributed by atoms with Crippen LogP contribution >= 0.6 is 0 Å². The van der Waals surface area contributed by atoms with E-state index in [2.05, 4.69) is 32.8 Å². The van der Waals surface area contributed by atoms with Gasteiger partial charge in [0.25, 0.3) is 0 Å². The fraction of sp³-hybridized carbons (Fsp3) is 0.750. The Morgan fingerprint density at radius 3 is 2.61 bits per heavy atom. The van der Waals surface area contributed by atoms with E-state index in [-0.39, 0.29) is 6.29 Å². The number of rotatable bonds is 9. The molecule has 0 saturated carbocycles. The largest absolute Gasteiger partial charge is 0.353 e. The summed E-state index contributed by atoms with van der Waals surface area (Å²) in [6, 6.07) is 0. The lowest BCUT2D eigenvalue weighted by atomic mass is 10.00. The lowest BCUT2D eigenvalue weighted by Gasteiger charge is -2.27. The lowest BCUT2D eigenvalue weighted by Crippen LogP contribution is -2.32. The molecule has 0 aliphatic carbocycles. The molecular formula is C16H28O2. The Balaban J connectivity index is 4.13. The zero-order valence-electron chi connectivity index (χ0n) is 12.6. The van der Waals surface area contributed by atoms with Gasteiger partial charge < -0.3 is 9.47 Å². The summed E-state index contributed by atoms with van der Waals surface area (Å²) in [5.41, 5.74) is 0.763. The molecule has 104 valence electrons. The molecule has 0 bridgehead atoms. The summed E-state index contributed by atoms with van der Waals surface area (Å²) in [5, 5.41) is 0. The molecule has 0 N–H and O–H groups in total. The summed E-state index contributed by atoms with van der Waals surface area (Å²) in [6.07, 6.45) is 11.4. The van der Waals surface area contributed by atoms with Crippen LogP contribution in [0.1, 0.15) is 60.3 Å². The van der Waals surface area contributed by atoms with E-state index in [9.17, 15) is 0 Å². The third-order valence-electron chi connectivity index (χ3n) is 2.76. The number of ether oxygens (including phenoxy) is 2. The zero-order chi connectivity index (χ0) is 14.0. The van der Waals surface area contributed by atoms with Crippen LogP contribution in [-0.4, -0.2) is 18.5 Å². The molecule has 0 fully saturated rings. The van der Waals surface area contributed by atoms with Gasteiger partial charge in [0.15, 0.2) is 6.29 Å². The van der Waals surface area contributed by atoms with Crippen LogP contribution in [0.2, 0.25) is 0 Å². The molecule has 0 aromatic heterocycles. The maximum Gasteiger partial charge on any atom is 0.156 e. The van der Waals surface area contributed by atoms with Gasteiger partial charge in [-0.2, -0.15) is 0 Å². The predicted octanol–water partition coefficient (Wildman–Crippen LogP) is 4.30. The maximum absolute atomic E-state index is 5.83. The van der Waals surface area contributed by atoms with E-state index in [0.29, 0.717) is 0 Å². The van der Waals surface area contributed by atoms with Crippen LogP contribution in [0.25, 0.3) is 0 Å². The highest BCUT2D eigenvalue weighted by Gasteiger charge is 2.24. The van der Waals surface area contributed by atoms with Gasteiger partial charge >= 0.3 is 0 Å². The Morgan fingerprint density at radius 1 is 1.44 bits per heavy atom. The van der Waals surface area contributed by atoms with Crippen LogP contribution < -0.4 is 0 Å². The summed E-state index contributed by atoms with van der Waals surface area (Å²) >= 11 is 0. The first-order chi connectivity index (χ1) is 8.43. The molecule has 0 aliphatic heterocycles. The van der Waals surface area contributed by atoms with Gasteiger partial charge in [0.2, 0.25) is 0 Å². The van der Waals surface area contributed by atoms with E-state index >= 15 is 0 Å². The summed E-state index contributed by atoms with van der Waals surface area (Å²) in [6.45, 7) is 10.9. The quantitative estimate of drug-likeness (QED) is 0.263. The predicted molar refractivity (Wildman–Crippen MR) is 77.3 cm³/mol. The van der Waals surface area contributed by atoms with E-state index in [1.54, 1.807) is 0 Å². The zero-order valence-corrected chi connectivity index (χ0v) is 12.6. The van der Waals surface area contributed by atoms with Crippen molar-refractivity contribution in [3.8, 4) is 12.3 Å². The molecule has 0 aromatic rings. The van der Waals surface area contributed by atoms with Crippen LogP contribution in [0.15, 0.2) is 11.6 Å². The summed E-state index contributed by atoms with van der Waals surface area (Å²) in [5.74, 6) is 2.74. The van der Waals surface area contributed by atoms with Crippen molar-refractivity contribution in [2.75, 3.05) is 6.61 Å². The molecule has 0 amide bonds. The normalized spacial score (nSPS) is 15.6. The minimum Gasteiger partial charge on any atom is -0.353 e. The Labute approximate surface area is 113 Å². The smallest absolute Gasteiger partial charge is 0.156 e. The fourth-order valence-electron chi connectivity index (χ4n) is 1.60. The van der Waals surface area contributed by atoms with Crippen LogP contribution in [0.4, 0.5) is 0 Å². The topological polar surface area (TPSA) is 18.5 Å². The second-order valence-electron chi connectivity index (χ2n) is 5.11. The van der Waals surface area contributed by atoms with Crippen molar-refractivity contribution < 1.29 is 9.47 Å². The summed E-state index contributed by atoms with van der Waals surface area (Å²) in [7, 11) is 0. The number of allylic oxidation sites excluding steroid dienone is 2. The van der Waals surface area contributed by atoms with Crippen LogP contribution in [0.5, 0.6) is 0 Å². The van der Waals surface area contributed by atoms with Crippen molar-refractivity contribution in [3.05, 3.63) is 11.6 Å². The third kappa shape index (κ3) is 8.33. The maximum atomic E-state index is 5.83. The molecule has 0 heterocycles. The molecule has 0 spiro atoms. The average molecular weight is 252 g/mol. The van der Waals surface area contributed by atoms with E-state index in [4.69, 9.17) is 15.9 Å². The number of hydrogen-bond donors (Lipinski definition) is 0. The van der Waals surface area contributed by atoms with E-state index in [0.717, 1.165) is 32.3 Å². The number of unbranched alkanes of at least 4 members (excludes halogenated alkanes) is 1. The van der Waals surface area contributed by atoms with Gasteiger partial charge in [-0.3, -0.25) is 0 Å². The van der Waals surface area contributed by atoms with Gasteiger partial charge in [0.05, 0.1) is 0 Å². The van der Waals surface area contributed by atoms with Crippen LogP contribution in [-0.2, 0) is 9.47 Å². The molecule has 0 saturated heterocycles. The monoisotopic (exact) mass is 252 g/mol. The molecule has 0 unspecified atom stereocenters. The van der Waals surface area contributed by atoms with E-state index in [1.165, 1.54) is 5.57 Å². The van der Waals surface area contributed by atoms with Gasteiger partial charge in [0.1, 0.15) is 5.60 Å². The first kappa shape index (κ1) is 17.2. The Bertz CT molecular complexity index is 284. The van der Waals surface area contributed by atoms with Gasteiger partial charge in [-0.1, -0.05) is 30.9 Å². The second-order valence-corrected chi connectivity index (χ2v) is 5.11. The van der Waals surface area contributed by atoms with Crippen molar-refractivity contribution in [1.82, 2.24) is 0 Å². The SMILES string of the molecule is C#C[C@@](C)(CCC=C(C)C)O[C@H](C)OCCCC. The Kier molecular flexibility index (Phi) is 8.79. The molecule has 0 aliphatic rings. The molecule has 0 aromatic carbocycles. The molecule has 0 radical (unpaired) electrons. The molecule has 0 rings (SSSR count). The van der Waals surface area contributed by atoms with Gasteiger partial charge in [-0.05, 0) is 47.0 Å². The first-order valence-electron chi connectivity index (χ1n) is 6.84. The molecule has 2 heteroatoms. The van der Waals surface area contributed by atoms with Gasteiger partial charge in [-0.25, -0.2) is 0 Å². The van der Waals surface area contributed by atoms with Crippen LogP contribution in [0, 0.1) is 12.3 Å². The van der Waals surface area contributed by atoms with E-state index < -0.39 is 5.60 Å². The van der Waals surface area contributed by atoms with E-state index in [1.807, 2.05) is 13.8 Å². The van der Waals surface area contributed by atoms with Crippen molar-refractivity contribution in [1.29, 1.82) is 0 Å². The van der Waals surface area contributed by atoms with Gasteiger partial charge in [-0.15, -0.1) is 6.42 Å². The van der Waals surface area contributed by atoms with Crippen LogP contribution in [0.3, 0.4) is 0 Å².